The molecule has 21 heavy (non-hydrogen) atoms. The van der Waals surface area contributed by atoms with Gasteiger partial charge in [-0.05, 0) is 43.2 Å². The summed E-state index contributed by atoms with van der Waals surface area (Å²) in [4.78, 5) is 21.8. The van der Waals surface area contributed by atoms with E-state index in [1.54, 1.807) is 24.5 Å². The molecule has 0 atom stereocenters. The molecule has 0 aromatic carbocycles. The van der Waals surface area contributed by atoms with Crippen molar-refractivity contribution >= 4 is 11.8 Å². The topological polar surface area (TPSA) is 66.3 Å². The van der Waals surface area contributed by atoms with E-state index in [0.29, 0.717) is 18.8 Å². The van der Waals surface area contributed by atoms with Crippen molar-refractivity contribution in [1.82, 2.24) is 9.97 Å². The number of hydrogen-bond donors (Lipinski definition) is 1. The highest BCUT2D eigenvalue weighted by atomic mass is 16.4. The lowest BCUT2D eigenvalue weighted by atomic mass is 10.2. The van der Waals surface area contributed by atoms with E-state index < -0.39 is 5.97 Å². The van der Waals surface area contributed by atoms with Crippen LogP contribution in [0.25, 0.3) is 0 Å². The van der Waals surface area contributed by atoms with Crippen LogP contribution in [0.15, 0.2) is 36.7 Å². The molecule has 0 radical (unpaired) electrons. The third-order valence-corrected chi connectivity index (χ3v) is 3.30. The number of carboxylic acids is 1. The Morgan fingerprint density at radius 2 is 1.95 bits per heavy atom. The molecule has 0 amide bonds. The summed E-state index contributed by atoms with van der Waals surface area (Å²) >= 11 is 0. The van der Waals surface area contributed by atoms with E-state index in [2.05, 4.69) is 14.9 Å². The second-order valence-corrected chi connectivity index (χ2v) is 4.73. The Labute approximate surface area is 124 Å². The largest absolute Gasteiger partial charge is 0.478 e. The summed E-state index contributed by atoms with van der Waals surface area (Å²) in [6, 6.07) is 7.16. The Balaban J connectivity index is 2.32. The molecule has 0 aliphatic rings. The third-order valence-electron chi connectivity index (χ3n) is 3.30. The average molecular weight is 285 g/mol. The number of hydrogen-bond acceptors (Lipinski definition) is 4. The number of carboxylic acid groups (broad SMARTS) is 1. The minimum Gasteiger partial charge on any atom is -0.478 e. The summed E-state index contributed by atoms with van der Waals surface area (Å²) < 4.78 is 0. The van der Waals surface area contributed by atoms with Crippen molar-refractivity contribution in [2.75, 3.05) is 11.4 Å². The smallest absolute Gasteiger partial charge is 0.335 e. The second kappa shape index (κ2) is 6.83. The molecule has 0 aliphatic heterocycles. The minimum atomic E-state index is -0.923. The zero-order valence-electron chi connectivity index (χ0n) is 12.3. The van der Waals surface area contributed by atoms with Crippen LogP contribution in [-0.2, 0) is 13.0 Å². The summed E-state index contributed by atoms with van der Waals surface area (Å²) in [5, 5.41) is 9.22. The fraction of sp³-hybridized carbons (Fsp3) is 0.312. The quantitative estimate of drug-likeness (QED) is 0.884. The summed E-state index contributed by atoms with van der Waals surface area (Å²) in [5.74, 6) is -0.223. The molecule has 0 saturated carbocycles. The van der Waals surface area contributed by atoms with Gasteiger partial charge in [0.25, 0.3) is 0 Å². The van der Waals surface area contributed by atoms with Gasteiger partial charge in [-0.2, -0.15) is 0 Å². The number of aromatic carboxylic acids is 1. The molecular formula is C16H19N3O2. The molecule has 2 aromatic rings. The zero-order valence-corrected chi connectivity index (χ0v) is 12.3. The van der Waals surface area contributed by atoms with Crippen LogP contribution in [-0.4, -0.2) is 27.6 Å². The van der Waals surface area contributed by atoms with Crippen molar-refractivity contribution in [1.29, 1.82) is 0 Å². The number of anilines is 1. The lowest BCUT2D eigenvalue weighted by Gasteiger charge is -2.23. The van der Waals surface area contributed by atoms with Gasteiger partial charge in [0.05, 0.1) is 5.56 Å². The van der Waals surface area contributed by atoms with Gasteiger partial charge >= 0.3 is 5.97 Å². The molecule has 5 heteroatoms. The van der Waals surface area contributed by atoms with Gasteiger partial charge in [-0.15, -0.1) is 0 Å². The first-order valence-corrected chi connectivity index (χ1v) is 7.02. The molecule has 2 heterocycles. The number of carbonyl (C=O) groups is 1. The van der Waals surface area contributed by atoms with E-state index in [0.717, 1.165) is 17.8 Å². The molecule has 0 saturated heterocycles. The monoisotopic (exact) mass is 285 g/mol. The van der Waals surface area contributed by atoms with Crippen molar-refractivity contribution < 1.29 is 9.90 Å². The van der Waals surface area contributed by atoms with E-state index in [1.165, 1.54) is 0 Å². The number of aryl methyl sites for hydroxylation is 1. The maximum Gasteiger partial charge on any atom is 0.335 e. The summed E-state index contributed by atoms with van der Waals surface area (Å²) in [5.41, 5.74) is 2.19. The van der Waals surface area contributed by atoms with E-state index in [9.17, 15) is 9.90 Å². The SMILES string of the molecule is CCc1cc(C(=O)O)cc(N(CC)Cc2ccncc2)n1. The Morgan fingerprint density at radius 3 is 2.52 bits per heavy atom. The Morgan fingerprint density at radius 1 is 1.24 bits per heavy atom. The standard InChI is InChI=1S/C16H19N3O2/c1-3-14-9-13(16(20)21)10-15(18-14)19(4-2)11-12-5-7-17-8-6-12/h5-10H,3-4,11H2,1-2H3,(H,20,21). The maximum absolute atomic E-state index is 11.2. The van der Waals surface area contributed by atoms with Gasteiger partial charge in [-0.3, -0.25) is 4.98 Å². The zero-order chi connectivity index (χ0) is 15.2. The first-order chi connectivity index (χ1) is 10.1. The van der Waals surface area contributed by atoms with Crippen LogP contribution in [0.5, 0.6) is 0 Å². The summed E-state index contributed by atoms with van der Waals surface area (Å²) in [7, 11) is 0. The van der Waals surface area contributed by atoms with Crippen molar-refractivity contribution in [3.8, 4) is 0 Å². The number of aromatic nitrogens is 2. The average Bonchev–Trinajstić information content (AvgIpc) is 2.53. The molecule has 0 aliphatic carbocycles. The number of nitrogens with zero attached hydrogens (tertiary/aromatic N) is 3. The lowest BCUT2D eigenvalue weighted by Crippen LogP contribution is -2.24. The van der Waals surface area contributed by atoms with Gasteiger partial charge in [0.15, 0.2) is 0 Å². The predicted octanol–water partition coefficient (Wildman–Crippen LogP) is 2.76. The van der Waals surface area contributed by atoms with Gasteiger partial charge in [-0.25, -0.2) is 9.78 Å². The molecule has 5 nitrogen and oxygen atoms in total. The number of rotatable bonds is 6. The lowest BCUT2D eigenvalue weighted by molar-refractivity contribution is 0.0696. The first kappa shape index (κ1) is 15.0. The van der Waals surface area contributed by atoms with Crippen molar-refractivity contribution in [3.63, 3.8) is 0 Å². The molecule has 0 spiro atoms. The highest BCUT2D eigenvalue weighted by Crippen LogP contribution is 2.18. The molecule has 2 aromatic heterocycles. The third kappa shape index (κ3) is 3.78. The molecule has 0 fully saturated rings. The molecule has 110 valence electrons. The van der Waals surface area contributed by atoms with E-state index in [1.807, 2.05) is 26.0 Å². The highest BCUT2D eigenvalue weighted by Gasteiger charge is 2.12. The van der Waals surface area contributed by atoms with Crippen LogP contribution in [0.4, 0.5) is 5.82 Å². The van der Waals surface area contributed by atoms with Crippen LogP contribution >= 0.6 is 0 Å². The number of pyridine rings is 2. The molecule has 1 N–H and O–H groups in total. The molecular weight excluding hydrogens is 266 g/mol. The van der Waals surface area contributed by atoms with Crippen LogP contribution in [0.2, 0.25) is 0 Å². The van der Waals surface area contributed by atoms with Gasteiger partial charge in [0, 0.05) is 31.2 Å². The van der Waals surface area contributed by atoms with Crippen molar-refractivity contribution in [2.24, 2.45) is 0 Å². The fourth-order valence-electron chi connectivity index (χ4n) is 2.10. The van der Waals surface area contributed by atoms with Crippen LogP contribution in [0.1, 0.15) is 35.5 Å². The Kier molecular flexibility index (Phi) is 4.87. The van der Waals surface area contributed by atoms with Crippen LogP contribution < -0.4 is 4.90 Å². The molecule has 0 bridgehead atoms. The van der Waals surface area contributed by atoms with E-state index in [-0.39, 0.29) is 5.56 Å². The molecule has 2 rings (SSSR count). The van der Waals surface area contributed by atoms with Crippen molar-refractivity contribution in [2.45, 2.75) is 26.8 Å². The Hall–Kier alpha value is -2.43. The van der Waals surface area contributed by atoms with Crippen LogP contribution in [0, 0.1) is 0 Å². The summed E-state index contributed by atoms with van der Waals surface area (Å²) in [6.07, 6.45) is 4.21. The van der Waals surface area contributed by atoms with Crippen molar-refractivity contribution in [3.05, 3.63) is 53.5 Å². The van der Waals surface area contributed by atoms with E-state index >= 15 is 0 Å². The van der Waals surface area contributed by atoms with Crippen LogP contribution in [0.3, 0.4) is 0 Å². The normalized spacial score (nSPS) is 10.4. The fourth-order valence-corrected chi connectivity index (χ4v) is 2.10. The maximum atomic E-state index is 11.2. The van der Waals surface area contributed by atoms with Gasteiger partial charge < -0.3 is 10.0 Å². The molecule has 0 unspecified atom stereocenters. The minimum absolute atomic E-state index is 0.282. The van der Waals surface area contributed by atoms with E-state index in [4.69, 9.17) is 0 Å². The predicted molar refractivity (Wildman–Crippen MR) is 81.5 cm³/mol. The van der Waals surface area contributed by atoms with Gasteiger partial charge in [0.1, 0.15) is 5.82 Å². The highest BCUT2D eigenvalue weighted by molar-refractivity contribution is 5.88. The second-order valence-electron chi connectivity index (χ2n) is 4.73. The van der Waals surface area contributed by atoms with Gasteiger partial charge in [-0.1, -0.05) is 6.92 Å². The first-order valence-electron chi connectivity index (χ1n) is 7.02. The van der Waals surface area contributed by atoms with Gasteiger partial charge in [0.2, 0.25) is 0 Å². The Bertz CT molecular complexity index is 614. The summed E-state index contributed by atoms with van der Waals surface area (Å²) in [6.45, 7) is 5.43.